The fourth-order valence-electron chi connectivity index (χ4n) is 2.99. The van der Waals surface area contributed by atoms with Crippen LogP contribution in [0.3, 0.4) is 0 Å². The molecule has 27 heavy (non-hydrogen) atoms. The van der Waals surface area contributed by atoms with Crippen LogP contribution in [0.2, 0.25) is 0 Å². The third-order valence-corrected chi connectivity index (χ3v) is 6.39. The van der Waals surface area contributed by atoms with Crippen LogP contribution < -0.4 is 10.6 Å². The van der Waals surface area contributed by atoms with E-state index in [4.69, 9.17) is 0 Å². The van der Waals surface area contributed by atoms with Gasteiger partial charge in [0.1, 0.15) is 5.82 Å². The number of rotatable bonds is 4. The van der Waals surface area contributed by atoms with Crippen molar-refractivity contribution in [2.45, 2.75) is 38.6 Å². The fraction of sp³-hybridized carbons (Fsp3) is 0.400. The maximum atomic E-state index is 12.4. The molecule has 3 rings (SSSR count). The molecule has 0 saturated carbocycles. The average molecular weight is 388 g/mol. The van der Waals surface area contributed by atoms with Gasteiger partial charge < -0.3 is 10.6 Å². The summed E-state index contributed by atoms with van der Waals surface area (Å²) in [5.41, 5.74) is 2.44. The largest absolute Gasteiger partial charge is 0.366 e. The van der Waals surface area contributed by atoms with Crippen LogP contribution in [0.25, 0.3) is 0 Å². The molecular formula is C20H25N3O3S. The van der Waals surface area contributed by atoms with Gasteiger partial charge in [-0.1, -0.05) is 32.9 Å². The molecular weight excluding hydrogens is 362 g/mol. The summed E-state index contributed by atoms with van der Waals surface area (Å²) in [5, 5.41) is 5.97. The first-order valence-electron chi connectivity index (χ1n) is 8.97. The van der Waals surface area contributed by atoms with Gasteiger partial charge in [-0.15, -0.1) is 0 Å². The molecule has 2 N–H and O–H groups in total. The molecule has 144 valence electrons. The number of hydrogen-bond acceptors (Lipinski definition) is 5. The lowest BCUT2D eigenvalue weighted by Crippen LogP contribution is -2.21. The van der Waals surface area contributed by atoms with E-state index in [1.165, 1.54) is 11.8 Å². The van der Waals surface area contributed by atoms with Crippen molar-refractivity contribution in [2.24, 2.45) is 0 Å². The zero-order valence-corrected chi connectivity index (χ0v) is 16.6. The molecule has 1 aromatic heterocycles. The molecule has 1 saturated heterocycles. The number of sulfone groups is 1. The zero-order chi connectivity index (χ0) is 19.7. The molecule has 0 radical (unpaired) electrons. The van der Waals surface area contributed by atoms with Crippen molar-refractivity contribution in [1.29, 1.82) is 0 Å². The Balaban J connectivity index is 1.60. The van der Waals surface area contributed by atoms with Crippen LogP contribution in [0.4, 0.5) is 11.5 Å². The summed E-state index contributed by atoms with van der Waals surface area (Å²) in [6.45, 7) is 6.43. The van der Waals surface area contributed by atoms with Gasteiger partial charge in [0.15, 0.2) is 9.84 Å². The molecule has 0 bridgehead atoms. The number of amides is 1. The van der Waals surface area contributed by atoms with Crippen molar-refractivity contribution in [3.63, 3.8) is 0 Å². The van der Waals surface area contributed by atoms with Crippen molar-refractivity contribution in [3.05, 3.63) is 53.7 Å². The summed E-state index contributed by atoms with van der Waals surface area (Å²) in [6, 6.07) is 11.1. The Kier molecular flexibility index (Phi) is 5.24. The number of carbonyl (C=O) groups is 1. The summed E-state index contributed by atoms with van der Waals surface area (Å²) >= 11 is 0. The minimum atomic E-state index is -2.94. The second-order valence-corrected chi connectivity index (χ2v) is 10.2. The van der Waals surface area contributed by atoms with E-state index in [1.807, 2.05) is 24.3 Å². The predicted molar refractivity (Wildman–Crippen MR) is 108 cm³/mol. The van der Waals surface area contributed by atoms with Gasteiger partial charge in [0.2, 0.25) is 0 Å². The van der Waals surface area contributed by atoms with E-state index >= 15 is 0 Å². The Morgan fingerprint density at radius 1 is 1.11 bits per heavy atom. The molecule has 1 amide bonds. The van der Waals surface area contributed by atoms with E-state index in [-0.39, 0.29) is 28.9 Å². The number of anilines is 2. The van der Waals surface area contributed by atoms with Crippen LogP contribution in [0.1, 0.15) is 43.1 Å². The third kappa shape index (κ3) is 5.07. The SMILES string of the molecule is CC(C)(C)c1ccc(NC(=O)c2ccc(NC3CCS(=O)(=O)C3)nc2)cc1. The normalized spacial score (nSPS) is 18.9. The van der Waals surface area contributed by atoms with Crippen molar-refractivity contribution < 1.29 is 13.2 Å². The molecule has 0 spiro atoms. The quantitative estimate of drug-likeness (QED) is 0.841. The van der Waals surface area contributed by atoms with Gasteiger partial charge >= 0.3 is 0 Å². The van der Waals surface area contributed by atoms with Crippen LogP contribution in [-0.4, -0.2) is 36.9 Å². The standard InChI is InChI=1S/C20H25N3O3S/c1-20(2,3)15-5-7-16(8-6-15)23-19(24)14-4-9-18(21-12-14)22-17-10-11-27(25,26)13-17/h4-9,12,17H,10-11,13H2,1-3H3,(H,21,22)(H,23,24). The summed E-state index contributed by atoms with van der Waals surface area (Å²) in [4.78, 5) is 16.6. The number of pyridine rings is 1. The van der Waals surface area contributed by atoms with Gasteiger partial charge in [-0.05, 0) is 41.7 Å². The highest BCUT2D eigenvalue weighted by Crippen LogP contribution is 2.23. The highest BCUT2D eigenvalue weighted by atomic mass is 32.2. The predicted octanol–water partition coefficient (Wildman–Crippen LogP) is 3.23. The van der Waals surface area contributed by atoms with Crippen LogP contribution in [0.15, 0.2) is 42.6 Å². The number of aromatic nitrogens is 1. The highest BCUT2D eigenvalue weighted by Gasteiger charge is 2.27. The van der Waals surface area contributed by atoms with Crippen LogP contribution in [0.5, 0.6) is 0 Å². The molecule has 1 fully saturated rings. The summed E-state index contributed by atoms with van der Waals surface area (Å²) < 4.78 is 23.0. The molecule has 1 aliphatic rings. The smallest absolute Gasteiger partial charge is 0.257 e. The Labute approximate surface area is 160 Å². The van der Waals surface area contributed by atoms with E-state index in [0.717, 1.165) is 5.69 Å². The molecule has 1 aromatic carbocycles. The van der Waals surface area contributed by atoms with Crippen LogP contribution in [0, 0.1) is 0 Å². The molecule has 7 heteroatoms. The van der Waals surface area contributed by atoms with Crippen LogP contribution in [-0.2, 0) is 15.3 Å². The monoisotopic (exact) mass is 387 g/mol. The number of nitrogens with zero attached hydrogens (tertiary/aromatic N) is 1. The Morgan fingerprint density at radius 3 is 2.33 bits per heavy atom. The van der Waals surface area contributed by atoms with Gasteiger partial charge in [0, 0.05) is 17.9 Å². The number of benzene rings is 1. The van der Waals surface area contributed by atoms with Gasteiger partial charge in [0.05, 0.1) is 17.1 Å². The summed E-state index contributed by atoms with van der Waals surface area (Å²) in [6.07, 6.45) is 2.07. The minimum Gasteiger partial charge on any atom is -0.366 e. The Hall–Kier alpha value is -2.41. The lowest BCUT2D eigenvalue weighted by molar-refractivity contribution is 0.102. The van der Waals surface area contributed by atoms with Crippen molar-refractivity contribution in [1.82, 2.24) is 4.98 Å². The molecule has 1 aliphatic heterocycles. The van der Waals surface area contributed by atoms with E-state index in [1.54, 1.807) is 12.1 Å². The van der Waals surface area contributed by atoms with Crippen molar-refractivity contribution in [2.75, 3.05) is 22.1 Å². The maximum absolute atomic E-state index is 12.4. The lowest BCUT2D eigenvalue weighted by Gasteiger charge is -2.19. The number of hydrogen-bond donors (Lipinski definition) is 2. The first kappa shape index (κ1) is 19.4. The van der Waals surface area contributed by atoms with Gasteiger partial charge in [-0.25, -0.2) is 13.4 Å². The second kappa shape index (κ2) is 7.31. The number of nitrogens with one attached hydrogen (secondary N) is 2. The van der Waals surface area contributed by atoms with Crippen LogP contribution >= 0.6 is 0 Å². The average Bonchev–Trinajstić information content (AvgIpc) is 2.93. The topological polar surface area (TPSA) is 88.2 Å². The zero-order valence-electron chi connectivity index (χ0n) is 15.8. The van der Waals surface area contributed by atoms with Gasteiger partial charge in [-0.3, -0.25) is 4.79 Å². The fourth-order valence-corrected chi connectivity index (χ4v) is 4.66. The molecule has 2 heterocycles. The lowest BCUT2D eigenvalue weighted by atomic mass is 9.87. The summed E-state index contributed by atoms with van der Waals surface area (Å²) in [5.74, 6) is 0.671. The van der Waals surface area contributed by atoms with Gasteiger partial charge in [0.25, 0.3) is 5.91 Å². The van der Waals surface area contributed by atoms with E-state index < -0.39 is 9.84 Å². The Morgan fingerprint density at radius 2 is 1.81 bits per heavy atom. The summed E-state index contributed by atoms with van der Waals surface area (Å²) in [7, 11) is -2.94. The Bertz CT molecular complexity index is 914. The van der Waals surface area contributed by atoms with Crippen molar-refractivity contribution in [3.8, 4) is 0 Å². The van der Waals surface area contributed by atoms with E-state index in [9.17, 15) is 13.2 Å². The first-order valence-corrected chi connectivity index (χ1v) is 10.8. The van der Waals surface area contributed by atoms with E-state index in [2.05, 4.69) is 36.4 Å². The molecule has 0 aliphatic carbocycles. The second-order valence-electron chi connectivity index (χ2n) is 7.96. The minimum absolute atomic E-state index is 0.0634. The molecule has 2 aromatic rings. The molecule has 1 atom stereocenters. The number of carbonyl (C=O) groups excluding carboxylic acids is 1. The first-order chi connectivity index (χ1) is 12.6. The highest BCUT2D eigenvalue weighted by molar-refractivity contribution is 7.91. The maximum Gasteiger partial charge on any atom is 0.257 e. The molecule has 1 unspecified atom stereocenters. The third-order valence-electron chi connectivity index (χ3n) is 4.62. The molecule has 6 nitrogen and oxygen atoms in total. The van der Waals surface area contributed by atoms with E-state index in [0.29, 0.717) is 17.8 Å². The van der Waals surface area contributed by atoms with Gasteiger partial charge in [-0.2, -0.15) is 0 Å². The van der Waals surface area contributed by atoms with Crippen molar-refractivity contribution >= 4 is 27.2 Å².